The standard InChI is InChI=1S/C12H12N4.ClH/c13-11-6-7-12(14-9-11)16-15-8-10-4-2-1-3-5-10;/h1-9H,13H2,(H,14,16);1H. The van der Waals surface area contributed by atoms with Gasteiger partial charge in [0.2, 0.25) is 0 Å². The molecule has 0 spiro atoms. The van der Waals surface area contributed by atoms with Gasteiger partial charge in [0, 0.05) is 0 Å². The van der Waals surface area contributed by atoms with Crippen molar-refractivity contribution < 1.29 is 0 Å². The summed E-state index contributed by atoms with van der Waals surface area (Å²) in [7, 11) is 0. The van der Waals surface area contributed by atoms with Crippen LogP contribution in [0.2, 0.25) is 0 Å². The largest absolute Gasteiger partial charge is 0.397 e. The lowest BCUT2D eigenvalue weighted by atomic mass is 10.2. The highest BCUT2D eigenvalue weighted by Crippen LogP contribution is 2.05. The fourth-order valence-electron chi connectivity index (χ4n) is 1.18. The van der Waals surface area contributed by atoms with Gasteiger partial charge in [0.1, 0.15) is 5.82 Å². The van der Waals surface area contributed by atoms with Crippen molar-refractivity contribution in [1.82, 2.24) is 4.98 Å². The maximum Gasteiger partial charge on any atom is 0.146 e. The number of nitrogen functional groups attached to an aromatic ring is 1. The fraction of sp³-hybridized carbons (Fsp3) is 0. The molecule has 0 bridgehead atoms. The van der Waals surface area contributed by atoms with Crippen molar-refractivity contribution in [3.63, 3.8) is 0 Å². The minimum atomic E-state index is 0. The van der Waals surface area contributed by atoms with Crippen molar-refractivity contribution in [1.29, 1.82) is 0 Å². The zero-order chi connectivity index (χ0) is 11.2. The van der Waals surface area contributed by atoms with Crippen molar-refractivity contribution >= 4 is 30.1 Å². The van der Waals surface area contributed by atoms with Crippen molar-refractivity contribution in [3.05, 3.63) is 54.2 Å². The number of nitrogens with two attached hydrogens (primary N) is 1. The molecule has 0 aliphatic carbocycles. The molecule has 0 aliphatic heterocycles. The SMILES string of the molecule is Cl.Nc1ccc(NN=Cc2ccccc2)nc1. The van der Waals surface area contributed by atoms with Crippen LogP contribution >= 0.6 is 12.4 Å². The normalized spacial score (nSPS) is 9.88. The number of hydrogen-bond acceptors (Lipinski definition) is 4. The Bertz CT molecular complexity index is 468. The van der Waals surface area contributed by atoms with E-state index in [-0.39, 0.29) is 12.4 Å². The summed E-state index contributed by atoms with van der Waals surface area (Å²) < 4.78 is 0. The second kappa shape index (κ2) is 6.50. The summed E-state index contributed by atoms with van der Waals surface area (Å²) in [6, 6.07) is 13.4. The minimum Gasteiger partial charge on any atom is -0.397 e. The van der Waals surface area contributed by atoms with Gasteiger partial charge < -0.3 is 5.73 Å². The Labute approximate surface area is 106 Å². The summed E-state index contributed by atoms with van der Waals surface area (Å²) in [5, 5.41) is 4.06. The van der Waals surface area contributed by atoms with Crippen molar-refractivity contribution in [3.8, 4) is 0 Å². The van der Waals surface area contributed by atoms with Gasteiger partial charge in [-0.05, 0) is 17.7 Å². The number of anilines is 2. The Morgan fingerprint density at radius 2 is 1.88 bits per heavy atom. The van der Waals surface area contributed by atoms with E-state index in [1.54, 1.807) is 24.5 Å². The first kappa shape index (κ1) is 13.0. The van der Waals surface area contributed by atoms with Gasteiger partial charge in [0.25, 0.3) is 0 Å². The van der Waals surface area contributed by atoms with E-state index in [4.69, 9.17) is 5.73 Å². The van der Waals surface area contributed by atoms with E-state index in [0.29, 0.717) is 11.5 Å². The number of aromatic nitrogens is 1. The molecular weight excluding hydrogens is 236 g/mol. The van der Waals surface area contributed by atoms with E-state index in [1.165, 1.54) is 0 Å². The van der Waals surface area contributed by atoms with Crippen molar-refractivity contribution in [2.24, 2.45) is 5.10 Å². The highest BCUT2D eigenvalue weighted by molar-refractivity contribution is 5.85. The van der Waals surface area contributed by atoms with Crippen LogP contribution in [-0.2, 0) is 0 Å². The van der Waals surface area contributed by atoms with Gasteiger partial charge in [-0.2, -0.15) is 5.10 Å². The predicted octanol–water partition coefficient (Wildman–Crippen LogP) is 2.53. The molecule has 5 heteroatoms. The Kier molecular flexibility index (Phi) is 4.97. The van der Waals surface area contributed by atoms with Crippen LogP contribution in [0.1, 0.15) is 5.56 Å². The number of nitrogens with one attached hydrogen (secondary N) is 1. The first-order valence-electron chi connectivity index (χ1n) is 4.90. The molecule has 2 aromatic rings. The third kappa shape index (κ3) is 4.12. The number of rotatable bonds is 3. The molecule has 0 fully saturated rings. The number of hydrazone groups is 1. The summed E-state index contributed by atoms with van der Waals surface area (Å²) in [6.07, 6.45) is 3.32. The topological polar surface area (TPSA) is 63.3 Å². The van der Waals surface area contributed by atoms with Crippen LogP contribution < -0.4 is 11.2 Å². The molecule has 1 aromatic carbocycles. The molecule has 17 heavy (non-hydrogen) atoms. The molecule has 0 saturated carbocycles. The summed E-state index contributed by atoms with van der Waals surface area (Å²) in [6.45, 7) is 0. The number of pyridine rings is 1. The monoisotopic (exact) mass is 248 g/mol. The molecule has 1 aromatic heterocycles. The van der Waals surface area contributed by atoms with Gasteiger partial charge in [-0.1, -0.05) is 30.3 Å². The second-order valence-electron chi connectivity index (χ2n) is 3.26. The predicted molar refractivity (Wildman–Crippen MR) is 73.6 cm³/mol. The van der Waals surface area contributed by atoms with E-state index in [1.807, 2.05) is 30.3 Å². The highest BCUT2D eigenvalue weighted by Gasteiger charge is 1.89. The van der Waals surface area contributed by atoms with E-state index >= 15 is 0 Å². The van der Waals surface area contributed by atoms with Crippen LogP contribution in [0, 0.1) is 0 Å². The first-order chi connectivity index (χ1) is 7.84. The van der Waals surface area contributed by atoms with Crippen LogP contribution in [0.15, 0.2) is 53.8 Å². The van der Waals surface area contributed by atoms with Gasteiger partial charge in [-0.15, -0.1) is 12.4 Å². The minimum absolute atomic E-state index is 0. The van der Waals surface area contributed by atoms with Crippen molar-refractivity contribution in [2.75, 3.05) is 11.2 Å². The summed E-state index contributed by atoms with van der Waals surface area (Å²) in [5.41, 5.74) is 10.0. The molecule has 4 nitrogen and oxygen atoms in total. The van der Waals surface area contributed by atoms with Gasteiger partial charge in [0.05, 0.1) is 18.1 Å². The fourth-order valence-corrected chi connectivity index (χ4v) is 1.18. The first-order valence-corrected chi connectivity index (χ1v) is 4.90. The maximum absolute atomic E-state index is 5.52. The molecule has 0 unspecified atom stereocenters. The zero-order valence-corrected chi connectivity index (χ0v) is 9.89. The molecule has 0 saturated heterocycles. The third-order valence-corrected chi connectivity index (χ3v) is 1.98. The Morgan fingerprint density at radius 3 is 2.53 bits per heavy atom. The van der Waals surface area contributed by atoms with Crippen LogP contribution in [0.4, 0.5) is 11.5 Å². The average Bonchev–Trinajstić information content (AvgIpc) is 2.33. The second-order valence-corrected chi connectivity index (χ2v) is 3.26. The molecule has 3 N–H and O–H groups in total. The van der Waals surface area contributed by atoms with Crippen LogP contribution in [-0.4, -0.2) is 11.2 Å². The van der Waals surface area contributed by atoms with Gasteiger partial charge >= 0.3 is 0 Å². The smallest absolute Gasteiger partial charge is 0.146 e. The van der Waals surface area contributed by atoms with E-state index < -0.39 is 0 Å². The van der Waals surface area contributed by atoms with E-state index in [9.17, 15) is 0 Å². The maximum atomic E-state index is 5.52. The lowest BCUT2D eigenvalue weighted by Crippen LogP contribution is -1.94. The van der Waals surface area contributed by atoms with Crippen molar-refractivity contribution in [2.45, 2.75) is 0 Å². The number of nitrogens with zero attached hydrogens (tertiary/aromatic N) is 2. The van der Waals surface area contributed by atoms with E-state index in [2.05, 4.69) is 15.5 Å². The van der Waals surface area contributed by atoms with Crippen LogP contribution in [0.3, 0.4) is 0 Å². The van der Waals surface area contributed by atoms with Gasteiger partial charge in [-0.25, -0.2) is 4.98 Å². The lowest BCUT2D eigenvalue weighted by Gasteiger charge is -1.98. The lowest BCUT2D eigenvalue weighted by molar-refractivity contribution is 1.23. The molecule has 0 amide bonds. The molecule has 0 atom stereocenters. The number of hydrogen-bond donors (Lipinski definition) is 2. The molecule has 2 rings (SSSR count). The summed E-state index contributed by atoms with van der Waals surface area (Å²) >= 11 is 0. The third-order valence-electron chi connectivity index (χ3n) is 1.98. The Balaban J connectivity index is 0.00000144. The molecule has 88 valence electrons. The van der Waals surface area contributed by atoms with Crippen LogP contribution in [0.5, 0.6) is 0 Å². The molecule has 1 heterocycles. The van der Waals surface area contributed by atoms with Gasteiger partial charge in [0.15, 0.2) is 0 Å². The average molecular weight is 249 g/mol. The summed E-state index contributed by atoms with van der Waals surface area (Å²) in [5.74, 6) is 0.668. The molecule has 0 radical (unpaired) electrons. The van der Waals surface area contributed by atoms with E-state index in [0.717, 1.165) is 5.56 Å². The molecular formula is C12H13ClN4. The Hall–Kier alpha value is -2.07. The Morgan fingerprint density at radius 1 is 1.12 bits per heavy atom. The number of halogens is 1. The quantitative estimate of drug-likeness (QED) is 0.648. The number of benzene rings is 1. The highest BCUT2D eigenvalue weighted by atomic mass is 35.5. The van der Waals surface area contributed by atoms with Crippen LogP contribution in [0.25, 0.3) is 0 Å². The zero-order valence-electron chi connectivity index (χ0n) is 9.08. The summed E-state index contributed by atoms with van der Waals surface area (Å²) in [4.78, 5) is 4.06. The molecule has 0 aliphatic rings. The van der Waals surface area contributed by atoms with Gasteiger partial charge in [-0.3, -0.25) is 5.43 Å².